The second-order valence-electron chi connectivity index (χ2n) is 17.9. The van der Waals surface area contributed by atoms with Crippen LogP contribution < -0.4 is 0 Å². The zero-order chi connectivity index (χ0) is 45.2. The third kappa shape index (κ3) is 5.47. The van der Waals surface area contributed by atoms with Crippen LogP contribution in [0.1, 0.15) is 22.3 Å². The van der Waals surface area contributed by atoms with Crippen molar-refractivity contribution < 1.29 is 8.83 Å². The van der Waals surface area contributed by atoms with Crippen LogP contribution in [0, 0.1) is 0 Å². The lowest BCUT2D eigenvalue weighted by Gasteiger charge is -2.31. The maximum atomic E-state index is 6.87. The Hall–Kier alpha value is -9.33. The molecule has 7 heteroatoms. The van der Waals surface area contributed by atoms with Crippen LogP contribution >= 0.6 is 0 Å². The highest BCUT2D eigenvalue weighted by atomic mass is 16.3. The van der Waals surface area contributed by atoms with E-state index < -0.39 is 5.41 Å². The first-order chi connectivity index (χ1) is 34.2. The number of hydrogen-bond donors (Lipinski definition) is 0. The van der Waals surface area contributed by atoms with E-state index in [-0.39, 0.29) is 0 Å². The second-order valence-corrected chi connectivity index (χ2v) is 17.9. The molecule has 4 aromatic heterocycles. The molecule has 9 aromatic carbocycles. The van der Waals surface area contributed by atoms with Crippen LogP contribution in [0.5, 0.6) is 0 Å². The highest BCUT2D eigenvalue weighted by molar-refractivity contribution is 6.16. The number of hydrogen-bond acceptors (Lipinski definition) is 7. The van der Waals surface area contributed by atoms with Gasteiger partial charge in [0.2, 0.25) is 5.82 Å². The third-order valence-electron chi connectivity index (χ3n) is 14.2. The zero-order valence-electron chi connectivity index (χ0n) is 36.8. The van der Waals surface area contributed by atoms with E-state index in [9.17, 15) is 0 Å². The number of para-hydroxylation sites is 1. The van der Waals surface area contributed by atoms with E-state index in [0.717, 1.165) is 77.5 Å². The van der Waals surface area contributed by atoms with Gasteiger partial charge in [0.1, 0.15) is 22.3 Å². The van der Waals surface area contributed by atoms with Crippen molar-refractivity contribution in [3.8, 4) is 79.2 Å². The Morgan fingerprint density at radius 1 is 0.290 bits per heavy atom. The maximum absolute atomic E-state index is 6.87. The number of rotatable bonds is 5. The Balaban J connectivity index is 0.994. The van der Waals surface area contributed by atoms with Gasteiger partial charge >= 0.3 is 0 Å². The summed E-state index contributed by atoms with van der Waals surface area (Å²) in [5, 5.41) is 4.22. The summed E-state index contributed by atoms with van der Waals surface area (Å²) in [7, 11) is 0. The van der Waals surface area contributed by atoms with Crippen molar-refractivity contribution in [1.29, 1.82) is 0 Å². The Kier molecular flexibility index (Phi) is 7.86. The minimum atomic E-state index is -0.671. The van der Waals surface area contributed by atoms with Gasteiger partial charge in [-0.3, -0.25) is 0 Å². The van der Waals surface area contributed by atoms with E-state index in [1.807, 2.05) is 91.0 Å². The van der Waals surface area contributed by atoms with Crippen LogP contribution in [-0.4, -0.2) is 24.9 Å². The van der Waals surface area contributed by atoms with Crippen LogP contribution in [0.3, 0.4) is 0 Å². The molecule has 0 unspecified atom stereocenters. The fourth-order valence-electron chi connectivity index (χ4n) is 11.2. The van der Waals surface area contributed by atoms with Gasteiger partial charge in [0.25, 0.3) is 0 Å². The second kappa shape index (κ2) is 14.3. The molecule has 0 fully saturated rings. The monoisotopic (exact) mass is 881 g/mol. The highest BCUT2D eigenvalue weighted by Gasteiger charge is 2.53. The number of furan rings is 2. The standard InChI is InChI=1S/C62H35N5O2/c1-4-16-36(17-5-1)50-35-51(37-18-6-2-7-19-37)64-60(63-50)61-66-58(38-20-8-3-9-21-38)65-59(67-61)39-28-30-53-46(32-39)56-54(68-53)31-29-43-44-33-45-42-24-12-15-27-52(42)69-55(45)34-49(44)62(57(43)56)47-25-13-10-22-40(47)41-23-11-14-26-48(41)62/h1-35H. The van der Waals surface area contributed by atoms with Crippen LogP contribution in [-0.2, 0) is 5.41 Å². The van der Waals surface area contributed by atoms with Gasteiger partial charge in [-0.05, 0) is 93.0 Å². The molecule has 0 aliphatic heterocycles. The first-order valence-corrected chi connectivity index (χ1v) is 23.1. The molecule has 4 heterocycles. The summed E-state index contributed by atoms with van der Waals surface area (Å²) in [4.78, 5) is 25.8. The molecule has 0 N–H and O–H groups in total. The average molecular weight is 882 g/mol. The average Bonchev–Trinajstić information content (AvgIpc) is 4.15. The number of benzene rings is 9. The summed E-state index contributed by atoms with van der Waals surface area (Å²) >= 11 is 0. The predicted molar refractivity (Wildman–Crippen MR) is 273 cm³/mol. The van der Waals surface area contributed by atoms with Crippen molar-refractivity contribution in [3.63, 3.8) is 0 Å². The molecule has 0 atom stereocenters. The summed E-state index contributed by atoms with van der Waals surface area (Å²) in [5.41, 5.74) is 17.5. The van der Waals surface area contributed by atoms with E-state index in [4.69, 9.17) is 33.8 Å². The molecule has 13 aromatic rings. The van der Waals surface area contributed by atoms with E-state index in [2.05, 4.69) is 121 Å². The molecule has 320 valence electrons. The molecule has 0 amide bonds. The van der Waals surface area contributed by atoms with Crippen LogP contribution in [0.2, 0.25) is 0 Å². The van der Waals surface area contributed by atoms with Crippen molar-refractivity contribution in [1.82, 2.24) is 24.9 Å². The quantitative estimate of drug-likeness (QED) is 0.170. The molecule has 1 spiro atoms. The number of fused-ring (bicyclic) bond motifs is 17. The van der Waals surface area contributed by atoms with Gasteiger partial charge in [-0.15, -0.1) is 0 Å². The van der Waals surface area contributed by atoms with E-state index in [1.165, 1.54) is 44.5 Å². The van der Waals surface area contributed by atoms with Gasteiger partial charge in [0.05, 0.1) is 16.8 Å². The van der Waals surface area contributed by atoms with Gasteiger partial charge in [-0.2, -0.15) is 0 Å². The van der Waals surface area contributed by atoms with E-state index in [1.54, 1.807) is 0 Å². The van der Waals surface area contributed by atoms with Crippen molar-refractivity contribution in [3.05, 3.63) is 235 Å². The lowest BCUT2D eigenvalue weighted by Crippen LogP contribution is -2.26. The maximum Gasteiger partial charge on any atom is 0.201 e. The normalized spacial score (nSPS) is 13.0. The first kappa shape index (κ1) is 37.8. The Bertz CT molecular complexity index is 4150. The van der Waals surface area contributed by atoms with Crippen LogP contribution in [0.4, 0.5) is 0 Å². The van der Waals surface area contributed by atoms with Crippen LogP contribution in [0.25, 0.3) is 123 Å². The molecule has 0 bridgehead atoms. The molecular weight excluding hydrogens is 847 g/mol. The lowest BCUT2D eigenvalue weighted by molar-refractivity contribution is 0.666. The predicted octanol–water partition coefficient (Wildman–Crippen LogP) is 15.1. The van der Waals surface area contributed by atoms with Gasteiger partial charge in [0, 0.05) is 43.8 Å². The summed E-state index contributed by atoms with van der Waals surface area (Å²) in [6.45, 7) is 0. The summed E-state index contributed by atoms with van der Waals surface area (Å²) < 4.78 is 13.5. The number of aromatic nitrogens is 5. The topological polar surface area (TPSA) is 90.7 Å². The fraction of sp³-hybridized carbons (Fsp3) is 0.0161. The SMILES string of the molecule is c1ccc(-c2cc(-c3ccccc3)nc(-c3nc(-c4ccccc4)nc(-c4ccc5oc6ccc7c(c6c5c4)C4(c5ccccc5-c5ccccc54)c4cc5oc6ccccc6c5cc4-7)n3)n2)cc1. The van der Waals surface area contributed by atoms with Crippen molar-refractivity contribution in [2.24, 2.45) is 0 Å². The van der Waals surface area contributed by atoms with Gasteiger partial charge in [0.15, 0.2) is 17.5 Å². The van der Waals surface area contributed by atoms with Gasteiger partial charge in [-0.25, -0.2) is 24.9 Å². The molecule has 0 radical (unpaired) electrons. The van der Waals surface area contributed by atoms with E-state index >= 15 is 0 Å². The Morgan fingerprint density at radius 3 is 1.52 bits per heavy atom. The van der Waals surface area contributed by atoms with Gasteiger partial charge in [-0.1, -0.05) is 164 Å². The lowest BCUT2D eigenvalue weighted by atomic mass is 9.69. The largest absolute Gasteiger partial charge is 0.456 e. The summed E-state index contributed by atoms with van der Waals surface area (Å²) in [6, 6.07) is 73.7. The molecule has 15 rings (SSSR count). The summed E-state index contributed by atoms with van der Waals surface area (Å²) in [5.74, 6) is 1.80. The van der Waals surface area contributed by atoms with Crippen molar-refractivity contribution in [2.75, 3.05) is 0 Å². The number of nitrogens with zero attached hydrogens (tertiary/aromatic N) is 5. The zero-order valence-corrected chi connectivity index (χ0v) is 36.8. The van der Waals surface area contributed by atoms with Crippen LogP contribution in [0.15, 0.2) is 221 Å². The molecule has 2 aliphatic carbocycles. The molecular formula is C62H35N5O2. The van der Waals surface area contributed by atoms with Crippen molar-refractivity contribution in [2.45, 2.75) is 5.41 Å². The third-order valence-corrected chi connectivity index (χ3v) is 14.2. The highest BCUT2D eigenvalue weighted by Crippen LogP contribution is 2.65. The molecule has 2 aliphatic rings. The minimum absolute atomic E-state index is 0.372. The van der Waals surface area contributed by atoms with E-state index in [0.29, 0.717) is 23.3 Å². The molecule has 0 saturated carbocycles. The first-order valence-electron chi connectivity index (χ1n) is 23.1. The Labute approximate surface area is 395 Å². The molecule has 0 saturated heterocycles. The molecule has 7 nitrogen and oxygen atoms in total. The molecule has 69 heavy (non-hydrogen) atoms. The van der Waals surface area contributed by atoms with Gasteiger partial charge < -0.3 is 8.83 Å². The minimum Gasteiger partial charge on any atom is -0.456 e. The fourth-order valence-corrected chi connectivity index (χ4v) is 11.2. The summed E-state index contributed by atoms with van der Waals surface area (Å²) in [6.07, 6.45) is 0. The smallest absolute Gasteiger partial charge is 0.201 e. The Morgan fingerprint density at radius 2 is 0.826 bits per heavy atom. The van der Waals surface area contributed by atoms with Crippen molar-refractivity contribution >= 4 is 43.9 Å².